The van der Waals surface area contributed by atoms with Gasteiger partial charge in [0.1, 0.15) is 23.1 Å². The summed E-state index contributed by atoms with van der Waals surface area (Å²) < 4.78 is 5.78. The van der Waals surface area contributed by atoms with Crippen LogP contribution in [0.1, 0.15) is 19.4 Å². The molecule has 156 valence electrons. The summed E-state index contributed by atoms with van der Waals surface area (Å²) in [6.07, 6.45) is 1.45. The number of rotatable bonds is 8. The van der Waals surface area contributed by atoms with Crippen LogP contribution < -0.4 is 10.1 Å². The van der Waals surface area contributed by atoms with E-state index in [1.807, 2.05) is 105 Å². The van der Waals surface area contributed by atoms with Crippen LogP contribution >= 0.6 is 0 Å². The molecule has 31 heavy (non-hydrogen) atoms. The topological polar surface area (TPSA) is 65.4 Å². The number of nitrogens with one attached hydrogen (secondary N) is 1. The lowest BCUT2D eigenvalue weighted by molar-refractivity contribution is -0.129. The summed E-state index contributed by atoms with van der Waals surface area (Å²) in [6.45, 7) is 4.32. The van der Waals surface area contributed by atoms with E-state index in [9.17, 15) is 10.1 Å². The first-order chi connectivity index (χ1) is 15.1. The highest BCUT2D eigenvalue weighted by Crippen LogP contribution is 2.23. The minimum absolute atomic E-state index is 0.0427. The quantitative estimate of drug-likeness (QED) is 0.379. The lowest BCUT2D eigenvalue weighted by Gasteiger charge is -2.26. The highest BCUT2D eigenvalue weighted by atomic mass is 16.5. The molecule has 0 aromatic heterocycles. The molecule has 0 saturated heterocycles. The van der Waals surface area contributed by atoms with Crippen LogP contribution in [0.25, 0.3) is 0 Å². The van der Waals surface area contributed by atoms with Gasteiger partial charge in [-0.15, -0.1) is 0 Å². The lowest BCUT2D eigenvalue weighted by atomic mass is 10.1. The Kier molecular flexibility index (Phi) is 7.45. The second-order valence-corrected chi connectivity index (χ2v) is 7.27. The van der Waals surface area contributed by atoms with Gasteiger partial charge in [0.15, 0.2) is 0 Å². The summed E-state index contributed by atoms with van der Waals surface area (Å²) in [5.41, 5.74) is 1.82. The van der Waals surface area contributed by atoms with Crippen molar-refractivity contribution in [3.8, 4) is 17.6 Å². The minimum atomic E-state index is -0.308. The van der Waals surface area contributed by atoms with Crippen LogP contribution in [0.3, 0.4) is 0 Å². The van der Waals surface area contributed by atoms with Crippen LogP contribution in [0.4, 0.5) is 5.69 Å². The summed E-state index contributed by atoms with van der Waals surface area (Å²) in [5.74, 6) is 1.15. The third-order valence-corrected chi connectivity index (χ3v) is 4.65. The first kappa shape index (κ1) is 21.7. The number of nitrogens with zero attached hydrogens (tertiary/aromatic N) is 2. The number of ether oxygens (including phenoxy) is 1. The number of anilines is 1. The predicted octanol–water partition coefficient (Wildman–Crippen LogP) is 5.74. The molecule has 0 fully saturated rings. The van der Waals surface area contributed by atoms with Gasteiger partial charge in [0.2, 0.25) is 0 Å². The van der Waals surface area contributed by atoms with Crippen molar-refractivity contribution in [3.63, 3.8) is 0 Å². The maximum atomic E-state index is 13.0. The maximum absolute atomic E-state index is 13.0. The third-order valence-electron chi connectivity index (χ3n) is 4.65. The van der Waals surface area contributed by atoms with Crippen molar-refractivity contribution >= 4 is 11.6 Å². The number of amides is 1. The number of nitriles is 1. The second kappa shape index (κ2) is 10.7. The zero-order chi connectivity index (χ0) is 22.1. The molecule has 0 unspecified atom stereocenters. The average Bonchev–Trinajstić information content (AvgIpc) is 2.80. The second-order valence-electron chi connectivity index (χ2n) is 7.27. The first-order valence-electron chi connectivity index (χ1n) is 10.1. The summed E-state index contributed by atoms with van der Waals surface area (Å²) in [5, 5.41) is 12.6. The van der Waals surface area contributed by atoms with E-state index in [1.165, 1.54) is 6.20 Å². The summed E-state index contributed by atoms with van der Waals surface area (Å²) >= 11 is 0. The number of hydrogen-bond acceptors (Lipinski definition) is 4. The van der Waals surface area contributed by atoms with E-state index in [1.54, 1.807) is 4.90 Å². The molecular weight excluding hydrogens is 386 g/mol. The molecule has 3 aromatic carbocycles. The minimum Gasteiger partial charge on any atom is -0.457 e. The molecular formula is C26H25N3O2. The number of benzene rings is 3. The Bertz CT molecular complexity index is 1050. The molecule has 5 heteroatoms. The molecule has 0 bridgehead atoms. The van der Waals surface area contributed by atoms with Crippen LogP contribution in [0, 0.1) is 11.3 Å². The smallest absolute Gasteiger partial charge is 0.266 e. The monoisotopic (exact) mass is 411 g/mol. The van der Waals surface area contributed by atoms with E-state index in [0.29, 0.717) is 12.3 Å². The number of hydrogen-bond donors (Lipinski definition) is 1. The van der Waals surface area contributed by atoms with Crippen molar-refractivity contribution in [3.05, 3.63) is 102 Å². The Morgan fingerprint density at radius 3 is 2.13 bits per heavy atom. The first-order valence-corrected chi connectivity index (χ1v) is 10.1. The fourth-order valence-electron chi connectivity index (χ4n) is 2.96. The Hall–Kier alpha value is -4.04. The van der Waals surface area contributed by atoms with Crippen molar-refractivity contribution in [2.45, 2.75) is 26.4 Å². The molecule has 3 aromatic rings. The van der Waals surface area contributed by atoms with Crippen LogP contribution in [0.15, 0.2) is 96.7 Å². The summed E-state index contributed by atoms with van der Waals surface area (Å²) in [6, 6.07) is 28.6. The highest BCUT2D eigenvalue weighted by molar-refractivity contribution is 5.97. The van der Waals surface area contributed by atoms with E-state index in [2.05, 4.69) is 5.32 Å². The normalized spacial score (nSPS) is 11.0. The standard InChI is InChI=1S/C26H25N3O2/c1-20(2)29(19-21-9-5-3-6-10-21)26(30)22(17-27)18-28-23-13-15-25(16-14-23)31-24-11-7-4-8-12-24/h3-16,18,20,28H,19H2,1-2H3/b22-18-. The van der Waals surface area contributed by atoms with E-state index >= 15 is 0 Å². The Morgan fingerprint density at radius 1 is 0.968 bits per heavy atom. The van der Waals surface area contributed by atoms with Gasteiger partial charge in [0.25, 0.3) is 5.91 Å². The molecule has 0 saturated carbocycles. The molecule has 3 rings (SSSR count). The molecule has 0 atom stereocenters. The SMILES string of the molecule is CC(C)N(Cc1ccccc1)C(=O)/C(C#N)=C\Nc1ccc(Oc2ccccc2)cc1. The third kappa shape index (κ3) is 6.22. The largest absolute Gasteiger partial charge is 0.457 e. The number of para-hydroxylation sites is 1. The van der Waals surface area contributed by atoms with E-state index < -0.39 is 0 Å². The molecule has 0 aliphatic rings. The van der Waals surface area contributed by atoms with Crippen LogP contribution in [-0.4, -0.2) is 16.8 Å². The summed E-state index contributed by atoms with van der Waals surface area (Å²) in [7, 11) is 0. The highest BCUT2D eigenvalue weighted by Gasteiger charge is 2.21. The van der Waals surface area contributed by atoms with Crippen LogP contribution in [-0.2, 0) is 11.3 Å². The number of carbonyl (C=O) groups is 1. The van der Waals surface area contributed by atoms with Gasteiger partial charge in [-0.05, 0) is 55.8 Å². The van der Waals surface area contributed by atoms with Crippen LogP contribution in [0.5, 0.6) is 11.5 Å². The molecule has 0 spiro atoms. The molecule has 0 aliphatic heterocycles. The van der Waals surface area contributed by atoms with E-state index in [0.717, 1.165) is 17.0 Å². The van der Waals surface area contributed by atoms with Crippen LogP contribution in [0.2, 0.25) is 0 Å². The lowest BCUT2D eigenvalue weighted by Crippen LogP contribution is -2.37. The van der Waals surface area contributed by atoms with Crippen molar-refractivity contribution in [2.75, 3.05) is 5.32 Å². The van der Waals surface area contributed by atoms with Gasteiger partial charge in [-0.25, -0.2) is 0 Å². The van der Waals surface area contributed by atoms with Crippen molar-refractivity contribution < 1.29 is 9.53 Å². The molecule has 0 aliphatic carbocycles. The average molecular weight is 412 g/mol. The Balaban J connectivity index is 1.67. The molecule has 1 N–H and O–H groups in total. The van der Waals surface area contributed by atoms with Gasteiger partial charge in [0, 0.05) is 24.5 Å². The fraction of sp³-hybridized carbons (Fsp3) is 0.154. The van der Waals surface area contributed by atoms with Gasteiger partial charge >= 0.3 is 0 Å². The van der Waals surface area contributed by atoms with Gasteiger partial charge in [-0.2, -0.15) is 5.26 Å². The number of carbonyl (C=O) groups excluding carboxylic acids is 1. The molecule has 0 heterocycles. The zero-order valence-electron chi connectivity index (χ0n) is 17.7. The Morgan fingerprint density at radius 2 is 1.55 bits per heavy atom. The molecule has 1 amide bonds. The van der Waals surface area contributed by atoms with Gasteiger partial charge in [0.05, 0.1) is 0 Å². The molecule has 0 radical (unpaired) electrons. The predicted molar refractivity (Wildman–Crippen MR) is 122 cm³/mol. The Labute approximate surface area is 183 Å². The van der Waals surface area contributed by atoms with Crippen molar-refractivity contribution in [1.29, 1.82) is 5.26 Å². The van der Waals surface area contributed by atoms with Gasteiger partial charge < -0.3 is 15.0 Å². The van der Waals surface area contributed by atoms with E-state index in [4.69, 9.17) is 4.74 Å². The van der Waals surface area contributed by atoms with Crippen molar-refractivity contribution in [1.82, 2.24) is 4.90 Å². The molecule has 5 nitrogen and oxygen atoms in total. The fourth-order valence-corrected chi connectivity index (χ4v) is 2.96. The summed E-state index contributed by atoms with van der Waals surface area (Å²) in [4.78, 5) is 14.7. The van der Waals surface area contributed by atoms with Gasteiger partial charge in [-0.1, -0.05) is 48.5 Å². The zero-order valence-corrected chi connectivity index (χ0v) is 17.7. The van der Waals surface area contributed by atoms with Gasteiger partial charge in [-0.3, -0.25) is 4.79 Å². The maximum Gasteiger partial charge on any atom is 0.266 e. The van der Waals surface area contributed by atoms with Crippen molar-refractivity contribution in [2.24, 2.45) is 0 Å². The van der Waals surface area contributed by atoms with E-state index in [-0.39, 0.29) is 17.5 Å².